The highest BCUT2D eigenvalue weighted by atomic mass is 79.9. The molecule has 0 aromatic carbocycles. The number of carbonyl (C=O) groups excluding carboxylic acids is 3. The maximum atomic E-state index is 15.3. The van der Waals surface area contributed by atoms with E-state index in [9.17, 15) is 19.5 Å². The molecule has 4 aliphatic carbocycles. The van der Waals surface area contributed by atoms with E-state index in [1.165, 1.54) is 13.0 Å². The number of aliphatic hydroxyl groups is 1. The molecule has 0 aromatic rings. The molecule has 5 nitrogen and oxygen atoms in total. The van der Waals surface area contributed by atoms with Gasteiger partial charge in [-0.25, -0.2) is 4.39 Å². The van der Waals surface area contributed by atoms with Gasteiger partial charge in [-0.15, -0.1) is 0 Å². The molecule has 2 fully saturated rings. The summed E-state index contributed by atoms with van der Waals surface area (Å²) in [4.78, 5) is 36.1. The van der Waals surface area contributed by atoms with Crippen molar-refractivity contribution in [1.82, 2.24) is 0 Å². The molecule has 7 heteroatoms. The van der Waals surface area contributed by atoms with Gasteiger partial charge in [0.15, 0.2) is 12.4 Å². The maximum Gasteiger partial charge on any atom is 0.303 e. The molecule has 162 valence electrons. The first kappa shape index (κ1) is 21.6. The average molecular weight is 481 g/mol. The zero-order chi connectivity index (χ0) is 22.1. The Morgan fingerprint density at radius 2 is 2.03 bits per heavy atom. The van der Waals surface area contributed by atoms with Crippen LogP contribution < -0.4 is 0 Å². The summed E-state index contributed by atoms with van der Waals surface area (Å²) in [5.74, 6) is -1.51. The van der Waals surface area contributed by atoms with Gasteiger partial charge in [0.25, 0.3) is 0 Å². The molecular formula is C23H26BrFO5. The Hall–Kier alpha value is -1.60. The molecule has 30 heavy (non-hydrogen) atoms. The van der Waals surface area contributed by atoms with Crippen molar-refractivity contribution < 1.29 is 28.6 Å². The van der Waals surface area contributed by atoms with Crippen LogP contribution in [0.1, 0.15) is 46.5 Å². The van der Waals surface area contributed by atoms with E-state index in [2.05, 4.69) is 15.9 Å². The second kappa shape index (κ2) is 6.95. The number of hydrogen-bond acceptors (Lipinski definition) is 5. The van der Waals surface area contributed by atoms with Crippen LogP contribution in [0.3, 0.4) is 0 Å². The number of halogens is 2. The number of alkyl halides is 1. The summed E-state index contributed by atoms with van der Waals surface area (Å²) in [6, 6.07) is 0. The summed E-state index contributed by atoms with van der Waals surface area (Å²) < 4.78 is 20.6. The molecule has 0 aromatic heterocycles. The molecule has 4 aliphatic rings. The van der Waals surface area contributed by atoms with Gasteiger partial charge < -0.3 is 9.84 Å². The number of rotatable bonds is 3. The van der Waals surface area contributed by atoms with Crippen molar-refractivity contribution in [2.75, 3.05) is 6.61 Å². The van der Waals surface area contributed by atoms with Crippen LogP contribution in [0.4, 0.5) is 4.39 Å². The fourth-order valence-corrected chi connectivity index (χ4v) is 6.92. The van der Waals surface area contributed by atoms with Crippen LogP contribution in [0.25, 0.3) is 0 Å². The Bertz CT molecular complexity index is 936. The Balaban J connectivity index is 1.73. The van der Waals surface area contributed by atoms with Gasteiger partial charge >= 0.3 is 5.97 Å². The van der Waals surface area contributed by atoms with Crippen LogP contribution in [-0.4, -0.2) is 41.0 Å². The van der Waals surface area contributed by atoms with E-state index in [0.29, 0.717) is 22.9 Å². The Morgan fingerprint density at radius 3 is 2.70 bits per heavy atom. The lowest BCUT2D eigenvalue weighted by molar-refractivity contribution is -0.162. The molecule has 0 unspecified atom stereocenters. The number of hydrogen-bond donors (Lipinski definition) is 1. The SMILES string of the molecule is CC(=O)OCC(=O)[C@@]1(O)CC[C@H]2[C@@H]3C[C@@H](F)C4=CC(=O)C(Br)=C[C@]4(C)C3=CC[C@@]21C. The normalized spacial score (nSPS) is 42.3. The van der Waals surface area contributed by atoms with Crippen molar-refractivity contribution >= 4 is 33.5 Å². The number of esters is 1. The van der Waals surface area contributed by atoms with E-state index in [-0.39, 0.29) is 30.5 Å². The number of carbonyl (C=O) groups is 3. The van der Waals surface area contributed by atoms with E-state index >= 15 is 4.39 Å². The first-order valence-corrected chi connectivity index (χ1v) is 11.1. The zero-order valence-corrected chi connectivity index (χ0v) is 18.9. The fourth-order valence-electron chi connectivity index (χ4n) is 6.35. The second-order valence-corrected chi connectivity index (χ2v) is 10.3. The van der Waals surface area contributed by atoms with Gasteiger partial charge in [-0.3, -0.25) is 14.4 Å². The van der Waals surface area contributed by atoms with Crippen molar-refractivity contribution in [2.45, 2.75) is 58.2 Å². The molecule has 0 spiro atoms. The Kier molecular flexibility index (Phi) is 5.01. The van der Waals surface area contributed by atoms with Gasteiger partial charge in [0.1, 0.15) is 11.8 Å². The summed E-state index contributed by atoms with van der Waals surface area (Å²) in [5.41, 5.74) is -1.52. The van der Waals surface area contributed by atoms with Crippen LogP contribution in [0.2, 0.25) is 0 Å². The minimum atomic E-state index is -1.61. The molecule has 0 amide bonds. The molecule has 6 atom stereocenters. The molecule has 4 rings (SSSR count). The van der Waals surface area contributed by atoms with Crippen LogP contribution in [0, 0.1) is 22.7 Å². The molecule has 0 aliphatic heterocycles. The van der Waals surface area contributed by atoms with Crippen molar-refractivity contribution in [1.29, 1.82) is 0 Å². The molecule has 0 bridgehead atoms. The molecule has 0 radical (unpaired) electrons. The van der Waals surface area contributed by atoms with Gasteiger partial charge in [-0.1, -0.05) is 24.6 Å². The summed E-state index contributed by atoms with van der Waals surface area (Å²) in [7, 11) is 0. The minimum Gasteiger partial charge on any atom is -0.458 e. The van der Waals surface area contributed by atoms with E-state index in [0.717, 1.165) is 5.57 Å². The highest BCUT2D eigenvalue weighted by molar-refractivity contribution is 9.12. The third-order valence-corrected chi connectivity index (χ3v) is 8.63. The van der Waals surface area contributed by atoms with E-state index < -0.39 is 41.0 Å². The fraction of sp³-hybridized carbons (Fsp3) is 0.609. The lowest BCUT2D eigenvalue weighted by atomic mass is 9.51. The van der Waals surface area contributed by atoms with Gasteiger partial charge in [0, 0.05) is 17.8 Å². The lowest BCUT2D eigenvalue weighted by Crippen LogP contribution is -2.56. The van der Waals surface area contributed by atoms with Crippen molar-refractivity contribution in [2.24, 2.45) is 22.7 Å². The number of Topliss-reactive ketones (excluding diaryl/α,β-unsaturated/α-hetero) is 1. The molecular weight excluding hydrogens is 455 g/mol. The molecule has 2 saturated carbocycles. The third kappa shape index (κ3) is 2.84. The van der Waals surface area contributed by atoms with Gasteiger partial charge in [-0.2, -0.15) is 0 Å². The Labute approximate surface area is 183 Å². The van der Waals surface area contributed by atoms with E-state index in [4.69, 9.17) is 4.74 Å². The summed E-state index contributed by atoms with van der Waals surface area (Å²) in [5, 5.41) is 11.4. The number of ketones is 2. The van der Waals surface area contributed by atoms with Crippen LogP contribution in [0.15, 0.2) is 33.9 Å². The lowest BCUT2D eigenvalue weighted by Gasteiger charge is -2.54. The smallest absolute Gasteiger partial charge is 0.303 e. The predicted octanol–water partition coefficient (Wildman–Crippen LogP) is 3.75. The summed E-state index contributed by atoms with van der Waals surface area (Å²) in [6.45, 7) is 4.60. The first-order chi connectivity index (χ1) is 13.9. The van der Waals surface area contributed by atoms with Crippen LogP contribution in [-0.2, 0) is 19.1 Å². The van der Waals surface area contributed by atoms with Gasteiger partial charge in [-0.05, 0) is 72.0 Å². The quantitative estimate of drug-likeness (QED) is 0.491. The number of fused-ring (bicyclic) bond motifs is 5. The highest BCUT2D eigenvalue weighted by Crippen LogP contribution is 2.65. The molecule has 0 heterocycles. The van der Waals surface area contributed by atoms with E-state index in [1.54, 1.807) is 6.08 Å². The highest BCUT2D eigenvalue weighted by Gasteiger charge is 2.65. The van der Waals surface area contributed by atoms with Crippen molar-refractivity contribution in [3.63, 3.8) is 0 Å². The van der Waals surface area contributed by atoms with Crippen LogP contribution in [0.5, 0.6) is 0 Å². The molecule has 1 N–H and O–H groups in total. The zero-order valence-electron chi connectivity index (χ0n) is 17.3. The third-order valence-electron chi connectivity index (χ3n) is 8.01. The topological polar surface area (TPSA) is 80.7 Å². The van der Waals surface area contributed by atoms with Crippen molar-refractivity contribution in [3.05, 3.63) is 33.9 Å². The molecule has 0 saturated heterocycles. The standard InChI is InChI=1S/C23H26BrFO5/c1-12(26)30-11-20(28)23(29)7-5-15-13-8-18(25)16-9-19(27)17(24)10-21(16,2)14(13)4-6-22(15,23)3/h4,9-10,13,15,18,29H,5-8,11H2,1-3H3/t13-,15+,18-,21-,22+,23+/m1/s1. The minimum absolute atomic E-state index is 0.0785. The van der Waals surface area contributed by atoms with Crippen molar-refractivity contribution in [3.8, 4) is 0 Å². The van der Waals surface area contributed by atoms with Crippen LogP contribution >= 0.6 is 15.9 Å². The maximum absolute atomic E-state index is 15.3. The summed E-state index contributed by atoms with van der Waals surface area (Å²) in [6.07, 6.45) is 5.53. The van der Waals surface area contributed by atoms with Gasteiger partial charge in [0.05, 0.1) is 4.48 Å². The number of ether oxygens (including phenoxy) is 1. The van der Waals surface area contributed by atoms with E-state index in [1.807, 2.05) is 19.9 Å². The average Bonchev–Trinajstić information content (AvgIpc) is 2.94. The first-order valence-electron chi connectivity index (χ1n) is 10.3. The largest absolute Gasteiger partial charge is 0.458 e. The summed E-state index contributed by atoms with van der Waals surface area (Å²) >= 11 is 3.31. The van der Waals surface area contributed by atoms with Gasteiger partial charge in [0.2, 0.25) is 5.78 Å². The second-order valence-electron chi connectivity index (χ2n) is 9.46. The monoisotopic (exact) mass is 480 g/mol. The number of allylic oxidation sites excluding steroid dienone is 6. The Morgan fingerprint density at radius 1 is 1.33 bits per heavy atom. The predicted molar refractivity (Wildman–Crippen MR) is 111 cm³/mol.